The molecular formula is C11H21NO3. The average molecular weight is 215 g/mol. The van der Waals surface area contributed by atoms with Crippen LogP contribution in [0.2, 0.25) is 0 Å². The summed E-state index contributed by atoms with van der Waals surface area (Å²) in [5, 5.41) is 0. The second kappa shape index (κ2) is 5.26. The van der Waals surface area contributed by atoms with Crippen LogP contribution in [0.15, 0.2) is 0 Å². The number of rotatable bonds is 5. The van der Waals surface area contributed by atoms with Crippen molar-refractivity contribution in [2.45, 2.75) is 58.1 Å². The summed E-state index contributed by atoms with van der Waals surface area (Å²) in [6.45, 7) is 7.21. The Kier molecular flexibility index (Phi) is 4.94. The summed E-state index contributed by atoms with van der Waals surface area (Å²) >= 11 is 0. The summed E-state index contributed by atoms with van der Waals surface area (Å²) in [5.74, 6) is -0.640. The molecule has 0 fully saturated rings. The predicted molar refractivity (Wildman–Crippen MR) is 58.4 cm³/mol. The van der Waals surface area contributed by atoms with E-state index in [0.29, 0.717) is 12.7 Å². The highest BCUT2D eigenvalue weighted by atomic mass is 16.6. The van der Waals surface area contributed by atoms with Gasteiger partial charge in [0.05, 0.1) is 0 Å². The number of hydrogen-bond acceptors (Lipinski definition) is 4. The third-order valence-electron chi connectivity index (χ3n) is 1.93. The molecular weight excluding hydrogens is 194 g/mol. The summed E-state index contributed by atoms with van der Waals surface area (Å²) in [4.78, 5) is 22.5. The minimum absolute atomic E-state index is 0.335. The first kappa shape index (κ1) is 14.1. The molecule has 0 aliphatic heterocycles. The lowest BCUT2D eigenvalue weighted by Gasteiger charge is -2.27. The van der Waals surface area contributed by atoms with Crippen molar-refractivity contribution < 1.29 is 14.3 Å². The number of ether oxygens (including phenoxy) is 1. The largest absolute Gasteiger partial charge is 0.458 e. The van der Waals surface area contributed by atoms with Crippen LogP contribution in [0.5, 0.6) is 0 Å². The molecule has 4 nitrogen and oxygen atoms in total. The maximum atomic E-state index is 11.6. The van der Waals surface area contributed by atoms with Crippen molar-refractivity contribution in [1.82, 2.24) is 0 Å². The van der Waals surface area contributed by atoms with Crippen molar-refractivity contribution in [2.24, 2.45) is 5.73 Å². The van der Waals surface area contributed by atoms with Gasteiger partial charge in [0.1, 0.15) is 5.60 Å². The number of nitrogens with two attached hydrogens (primary N) is 1. The lowest BCUT2D eigenvalue weighted by atomic mass is 9.95. The smallest absolute Gasteiger partial charge is 0.334 e. The highest BCUT2D eigenvalue weighted by Crippen LogP contribution is 2.16. The molecule has 4 heteroatoms. The fourth-order valence-electron chi connectivity index (χ4n) is 1.05. The van der Waals surface area contributed by atoms with Gasteiger partial charge in [0.2, 0.25) is 0 Å². The summed E-state index contributed by atoms with van der Waals surface area (Å²) < 4.78 is 5.10. The van der Waals surface area contributed by atoms with Gasteiger partial charge in [-0.1, -0.05) is 19.8 Å². The third-order valence-corrected chi connectivity index (χ3v) is 1.93. The van der Waals surface area contributed by atoms with Crippen molar-refractivity contribution in [1.29, 1.82) is 0 Å². The minimum atomic E-state index is -1.48. The van der Waals surface area contributed by atoms with Crippen LogP contribution in [0.3, 0.4) is 0 Å². The lowest BCUT2D eigenvalue weighted by molar-refractivity contribution is -0.162. The molecule has 0 aromatic heterocycles. The van der Waals surface area contributed by atoms with Crippen LogP contribution in [-0.4, -0.2) is 23.4 Å². The quantitative estimate of drug-likeness (QED) is 0.428. The molecule has 0 saturated carbocycles. The van der Waals surface area contributed by atoms with Crippen molar-refractivity contribution in [3.05, 3.63) is 0 Å². The monoisotopic (exact) mass is 215 g/mol. The molecule has 1 atom stereocenters. The minimum Gasteiger partial charge on any atom is -0.458 e. The number of unbranched alkanes of at least 4 members (excludes halogenated alkanes) is 1. The molecule has 0 spiro atoms. The Labute approximate surface area is 91.2 Å². The van der Waals surface area contributed by atoms with Gasteiger partial charge in [0.15, 0.2) is 11.8 Å². The first-order chi connectivity index (χ1) is 6.75. The maximum absolute atomic E-state index is 11.6. The van der Waals surface area contributed by atoms with Crippen LogP contribution < -0.4 is 5.73 Å². The Balaban J connectivity index is 4.51. The van der Waals surface area contributed by atoms with E-state index in [1.807, 2.05) is 6.92 Å². The average Bonchev–Trinajstić information content (AvgIpc) is 2.11. The normalized spacial score (nSPS) is 15.5. The van der Waals surface area contributed by atoms with E-state index in [9.17, 15) is 9.59 Å². The zero-order chi connectivity index (χ0) is 12.1. The summed E-state index contributed by atoms with van der Waals surface area (Å²) in [6.07, 6.45) is 2.43. The molecule has 15 heavy (non-hydrogen) atoms. The van der Waals surface area contributed by atoms with Gasteiger partial charge >= 0.3 is 5.97 Å². The van der Waals surface area contributed by atoms with E-state index in [1.54, 1.807) is 20.8 Å². The summed E-state index contributed by atoms with van der Waals surface area (Å²) in [6, 6.07) is 0. The molecule has 0 amide bonds. The first-order valence-corrected chi connectivity index (χ1v) is 5.24. The molecule has 0 aromatic rings. The van der Waals surface area contributed by atoms with Crippen molar-refractivity contribution in [3.63, 3.8) is 0 Å². The van der Waals surface area contributed by atoms with Gasteiger partial charge in [-0.3, -0.25) is 0 Å². The van der Waals surface area contributed by atoms with Crippen LogP contribution in [0.1, 0.15) is 47.0 Å². The molecule has 0 unspecified atom stereocenters. The third kappa shape index (κ3) is 4.93. The second-order valence-electron chi connectivity index (χ2n) is 4.76. The van der Waals surface area contributed by atoms with Crippen LogP contribution >= 0.6 is 0 Å². The topological polar surface area (TPSA) is 69.4 Å². The van der Waals surface area contributed by atoms with E-state index in [2.05, 4.69) is 0 Å². The number of esters is 1. The molecule has 0 heterocycles. The van der Waals surface area contributed by atoms with E-state index in [4.69, 9.17) is 10.5 Å². The fraction of sp³-hybridized carbons (Fsp3) is 0.818. The summed E-state index contributed by atoms with van der Waals surface area (Å²) in [7, 11) is 0. The SMILES string of the molecule is CCCC[C@](N)(C=O)C(=O)OC(C)(C)C. The van der Waals surface area contributed by atoms with E-state index < -0.39 is 17.1 Å². The van der Waals surface area contributed by atoms with Gasteiger partial charge in [-0.2, -0.15) is 0 Å². The van der Waals surface area contributed by atoms with Crippen molar-refractivity contribution in [3.8, 4) is 0 Å². The lowest BCUT2D eigenvalue weighted by Crippen LogP contribution is -2.52. The molecule has 0 bridgehead atoms. The zero-order valence-corrected chi connectivity index (χ0v) is 10.0. The van der Waals surface area contributed by atoms with Crippen LogP contribution in [0, 0.1) is 0 Å². The molecule has 88 valence electrons. The fourth-order valence-corrected chi connectivity index (χ4v) is 1.05. The molecule has 0 radical (unpaired) electrons. The van der Waals surface area contributed by atoms with Gasteiger partial charge in [0.25, 0.3) is 0 Å². The van der Waals surface area contributed by atoms with Gasteiger partial charge < -0.3 is 15.3 Å². The maximum Gasteiger partial charge on any atom is 0.334 e. The Morgan fingerprint density at radius 1 is 1.40 bits per heavy atom. The number of carbonyl (C=O) groups is 2. The van der Waals surface area contributed by atoms with E-state index >= 15 is 0 Å². The molecule has 0 aliphatic rings. The molecule has 0 aromatic carbocycles. The number of hydrogen-bond donors (Lipinski definition) is 1. The first-order valence-electron chi connectivity index (χ1n) is 5.24. The zero-order valence-electron chi connectivity index (χ0n) is 10.0. The van der Waals surface area contributed by atoms with Crippen LogP contribution in [0.25, 0.3) is 0 Å². The van der Waals surface area contributed by atoms with Crippen molar-refractivity contribution >= 4 is 12.3 Å². The highest BCUT2D eigenvalue weighted by Gasteiger charge is 2.37. The Morgan fingerprint density at radius 2 is 1.93 bits per heavy atom. The van der Waals surface area contributed by atoms with Crippen LogP contribution in [0.4, 0.5) is 0 Å². The van der Waals surface area contributed by atoms with Gasteiger partial charge in [0, 0.05) is 0 Å². The predicted octanol–water partition coefficient (Wildman–Crippen LogP) is 1.41. The van der Waals surface area contributed by atoms with Gasteiger partial charge in [-0.05, 0) is 27.2 Å². The van der Waals surface area contributed by atoms with Crippen molar-refractivity contribution in [2.75, 3.05) is 0 Å². The van der Waals surface area contributed by atoms with E-state index in [0.717, 1.165) is 12.8 Å². The van der Waals surface area contributed by atoms with Gasteiger partial charge in [-0.25, -0.2) is 4.79 Å². The molecule has 0 aliphatic carbocycles. The number of carbonyl (C=O) groups excluding carboxylic acids is 2. The van der Waals surface area contributed by atoms with E-state index in [1.165, 1.54) is 0 Å². The number of aldehydes is 1. The second-order valence-corrected chi connectivity index (χ2v) is 4.76. The summed E-state index contributed by atoms with van der Waals surface area (Å²) in [5.41, 5.74) is 3.59. The van der Waals surface area contributed by atoms with E-state index in [-0.39, 0.29) is 0 Å². The Hall–Kier alpha value is -0.900. The van der Waals surface area contributed by atoms with Gasteiger partial charge in [-0.15, -0.1) is 0 Å². The van der Waals surface area contributed by atoms with Crippen LogP contribution in [-0.2, 0) is 14.3 Å². The highest BCUT2D eigenvalue weighted by molar-refractivity contribution is 5.98. The standard InChI is InChI=1S/C11H21NO3/c1-5-6-7-11(12,8-13)9(14)15-10(2,3)4/h8H,5-7,12H2,1-4H3/t11-/m0/s1. The molecule has 2 N–H and O–H groups in total. The Bertz CT molecular complexity index is 232. The molecule has 0 rings (SSSR count). The molecule has 0 saturated heterocycles. The Morgan fingerprint density at radius 3 is 2.27 bits per heavy atom.